The van der Waals surface area contributed by atoms with Crippen molar-refractivity contribution in [2.45, 2.75) is 44.8 Å². The fourth-order valence-electron chi connectivity index (χ4n) is 2.45. The molecular weight excluding hydrogens is 200 g/mol. The second-order valence-electron chi connectivity index (χ2n) is 4.51. The molecule has 1 fully saturated rings. The molecule has 0 aliphatic carbocycles. The van der Waals surface area contributed by atoms with Gasteiger partial charge in [-0.1, -0.05) is 6.42 Å². The van der Waals surface area contributed by atoms with Gasteiger partial charge in [0, 0.05) is 31.0 Å². The van der Waals surface area contributed by atoms with Crippen molar-refractivity contribution in [3.8, 4) is 0 Å². The molecule has 0 spiro atoms. The highest BCUT2D eigenvalue weighted by Crippen LogP contribution is 2.23. The molecule has 2 heterocycles. The zero-order chi connectivity index (χ0) is 11.4. The lowest BCUT2D eigenvalue weighted by molar-refractivity contribution is 0.0863. The number of rotatable bonds is 3. The minimum atomic E-state index is 0.493. The number of likely N-dealkylation sites (tertiary alicyclic amines) is 1. The van der Waals surface area contributed by atoms with Crippen molar-refractivity contribution in [2.75, 3.05) is 6.54 Å². The van der Waals surface area contributed by atoms with Crippen LogP contribution in [0.25, 0.3) is 0 Å². The molecule has 2 rings (SSSR count). The summed E-state index contributed by atoms with van der Waals surface area (Å²) in [6, 6.07) is 2.93. The molecule has 4 nitrogen and oxygen atoms in total. The van der Waals surface area contributed by atoms with Crippen LogP contribution in [0.2, 0.25) is 0 Å². The van der Waals surface area contributed by atoms with E-state index in [0.717, 1.165) is 18.9 Å². The third-order valence-corrected chi connectivity index (χ3v) is 3.41. The summed E-state index contributed by atoms with van der Waals surface area (Å²) in [6.07, 6.45) is 7.34. The highest BCUT2D eigenvalue weighted by molar-refractivity contribution is 4.92. The van der Waals surface area contributed by atoms with Crippen LogP contribution in [0.15, 0.2) is 18.5 Å². The van der Waals surface area contributed by atoms with Gasteiger partial charge in [-0.15, -0.1) is 0 Å². The largest absolute Gasteiger partial charge is 0.329 e. The molecule has 1 aromatic rings. The van der Waals surface area contributed by atoms with Crippen LogP contribution in [0.3, 0.4) is 0 Å². The van der Waals surface area contributed by atoms with Crippen molar-refractivity contribution in [3.63, 3.8) is 0 Å². The predicted octanol–water partition coefficient (Wildman–Crippen LogP) is 1.18. The van der Waals surface area contributed by atoms with Crippen molar-refractivity contribution in [1.82, 2.24) is 14.9 Å². The maximum absolute atomic E-state index is 5.83. The molecule has 0 aromatic carbocycles. The van der Waals surface area contributed by atoms with Crippen molar-refractivity contribution < 1.29 is 0 Å². The van der Waals surface area contributed by atoms with E-state index < -0.39 is 0 Å². The van der Waals surface area contributed by atoms with Gasteiger partial charge < -0.3 is 5.73 Å². The molecule has 1 aromatic heterocycles. The van der Waals surface area contributed by atoms with E-state index in [1.807, 2.05) is 6.07 Å². The van der Waals surface area contributed by atoms with Crippen LogP contribution in [0.5, 0.6) is 0 Å². The minimum Gasteiger partial charge on any atom is -0.329 e. The number of nitrogens with two attached hydrogens (primary N) is 1. The van der Waals surface area contributed by atoms with Gasteiger partial charge in [-0.05, 0) is 25.8 Å². The van der Waals surface area contributed by atoms with Crippen LogP contribution in [-0.4, -0.2) is 33.5 Å². The van der Waals surface area contributed by atoms with Crippen molar-refractivity contribution in [1.29, 1.82) is 0 Å². The number of piperidine rings is 1. The first-order valence-electron chi connectivity index (χ1n) is 6.03. The standard InChI is InChI=1S/C12H20N4/c1-10-4-2-5-11(8-13)16(10)9-12-14-6-3-7-15-12/h3,6-7,10-11H,2,4-5,8-9,13H2,1H3. The Hall–Kier alpha value is -1.00. The molecular formula is C12H20N4. The first kappa shape index (κ1) is 11.5. The van der Waals surface area contributed by atoms with Gasteiger partial charge in [0.15, 0.2) is 0 Å². The number of nitrogens with zero attached hydrogens (tertiary/aromatic N) is 3. The van der Waals surface area contributed by atoms with E-state index >= 15 is 0 Å². The van der Waals surface area contributed by atoms with Gasteiger partial charge >= 0.3 is 0 Å². The fourth-order valence-corrected chi connectivity index (χ4v) is 2.45. The molecule has 0 saturated carbocycles. The second kappa shape index (κ2) is 5.37. The fraction of sp³-hybridized carbons (Fsp3) is 0.667. The summed E-state index contributed by atoms with van der Waals surface area (Å²) >= 11 is 0. The van der Waals surface area contributed by atoms with Gasteiger partial charge in [0.2, 0.25) is 0 Å². The second-order valence-corrected chi connectivity index (χ2v) is 4.51. The normalized spacial score (nSPS) is 26.9. The van der Waals surface area contributed by atoms with Crippen LogP contribution in [0, 0.1) is 0 Å². The van der Waals surface area contributed by atoms with Gasteiger partial charge in [-0.25, -0.2) is 9.97 Å². The Morgan fingerprint density at radius 1 is 1.38 bits per heavy atom. The molecule has 2 unspecified atom stereocenters. The first-order chi connectivity index (χ1) is 7.81. The van der Waals surface area contributed by atoms with E-state index in [1.54, 1.807) is 12.4 Å². The Morgan fingerprint density at radius 2 is 2.12 bits per heavy atom. The molecule has 4 heteroatoms. The molecule has 0 amide bonds. The van der Waals surface area contributed by atoms with Crippen molar-refractivity contribution >= 4 is 0 Å². The van der Waals surface area contributed by atoms with E-state index in [9.17, 15) is 0 Å². The Balaban J connectivity index is 2.05. The highest BCUT2D eigenvalue weighted by Gasteiger charge is 2.27. The van der Waals surface area contributed by atoms with Gasteiger partial charge in [-0.3, -0.25) is 4.90 Å². The van der Waals surface area contributed by atoms with E-state index in [1.165, 1.54) is 19.3 Å². The molecule has 16 heavy (non-hydrogen) atoms. The smallest absolute Gasteiger partial charge is 0.142 e. The zero-order valence-corrected chi connectivity index (χ0v) is 9.84. The summed E-state index contributed by atoms with van der Waals surface area (Å²) in [5, 5.41) is 0. The average Bonchev–Trinajstić information content (AvgIpc) is 2.33. The number of aromatic nitrogens is 2. The van der Waals surface area contributed by atoms with Gasteiger partial charge in [-0.2, -0.15) is 0 Å². The Kier molecular flexibility index (Phi) is 3.85. The summed E-state index contributed by atoms with van der Waals surface area (Å²) < 4.78 is 0. The van der Waals surface area contributed by atoms with E-state index in [0.29, 0.717) is 12.1 Å². The van der Waals surface area contributed by atoms with Gasteiger partial charge in [0.1, 0.15) is 5.82 Å². The summed E-state index contributed by atoms with van der Waals surface area (Å²) in [7, 11) is 0. The Labute approximate surface area is 96.9 Å². The monoisotopic (exact) mass is 220 g/mol. The SMILES string of the molecule is CC1CCCC(CN)N1Cc1ncccn1. The highest BCUT2D eigenvalue weighted by atomic mass is 15.2. The molecule has 1 aliphatic rings. The number of hydrogen-bond donors (Lipinski definition) is 1. The Morgan fingerprint density at radius 3 is 2.81 bits per heavy atom. The molecule has 0 radical (unpaired) electrons. The molecule has 1 saturated heterocycles. The molecule has 0 bridgehead atoms. The van der Waals surface area contributed by atoms with Crippen LogP contribution in [0.4, 0.5) is 0 Å². The maximum atomic E-state index is 5.83. The molecule has 88 valence electrons. The predicted molar refractivity (Wildman–Crippen MR) is 63.7 cm³/mol. The molecule has 2 atom stereocenters. The third kappa shape index (κ3) is 2.57. The van der Waals surface area contributed by atoms with E-state index in [2.05, 4.69) is 21.8 Å². The van der Waals surface area contributed by atoms with Gasteiger partial charge in [0.25, 0.3) is 0 Å². The van der Waals surface area contributed by atoms with Crippen LogP contribution >= 0.6 is 0 Å². The average molecular weight is 220 g/mol. The van der Waals surface area contributed by atoms with Crippen molar-refractivity contribution in [2.24, 2.45) is 5.73 Å². The summed E-state index contributed by atoms with van der Waals surface area (Å²) in [5.74, 6) is 0.898. The molecule has 2 N–H and O–H groups in total. The third-order valence-electron chi connectivity index (χ3n) is 3.41. The zero-order valence-electron chi connectivity index (χ0n) is 9.84. The Bertz CT molecular complexity index is 314. The summed E-state index contributed by atoms with van der Waals surface area (Å²) in [5.41, 5.74) is 5.83. The quantitative estimate of drug-likeness (QED) is 0.831. The topological polar surface area (TPSA) is 55.0 Å². The summed E-state index contributed by atoms with van der Waals surface area (Å²) in [6.45, 7) is 3.83. The van der Waals surface area contributed by atoms with Crippen LogP contribution in [0.1, 0.15) is 32.0 Å². The number of hydrogen-bond acceptors (Lipinski definition) is 4. The lowest BCUT2D eigenvalue weighted by Crippen LogP contribution is -2.48. The van der Waals surface area contributed by atoms with E-state index in [-0.39, 0.29) is 0 Å². The maximum Gasteiger partial charge on any atom is 0.142 e. The van der Waals surface area contributed by atoms with Gasteiger partial charge in [0.05, 0.1) is 6.54 Å². The molecule has 1 aliphatic heterocycles. The van der Waals surface area contributed by atoms with Crippen LogP contribution < -0.4 is 5.73 Å². The minimum absolute atomic E-state index is 0.493. The summed E-state index contributed by atoms with van der Waals surface area (Å²) in [4.78, 5) is 11.0. The lowest BCUT2D eigenvalue weighted by Gasteiger charge is -2.39. The lowest BCUT2D eigenvalue weighted by atomic mass is 9.96. The van der Waals surface area contributed by atoms with E-state index in [4.69, 9.17) is 5.73 Å². The van der Waals surface area contributed by atoms with Crippen molar-refractivity contribution in [3.05, 3.63) is 24.3 Å². The van der Waals surface area contributed by atoms with Crippen LogP contribution in [-0.2, 0) is 6.54 Å². The first-order valence-corrected chi connectivity index (χ1v) is 6.03.